The minimum absolute atomic E-state index is 0.00529. The highest BCUT2D eigenvalue weighted by atomic mass is 32.2. The van der Waals surface area contributed by atoms with Crippen molar-refractivity contribution >= 4 is 34.9 Å². The van der Waals surface area contributed by atoms with Gasteiger partial charge in [0.1, 0.15) is 5.75 Å². The van der Waals surface area contributed by atoms with Gasteiger partial charge in [-0.15, -0.1) is 0 Å². The van der Waals surface area contributed by atoms with Gasteiger partial charge in [-0.2, -0.15) is 0 Å². The second-order valence-corrected chi connectivity index (χ2v) is 7.55. The van der Waals surface area contributed by atoms with Crippen molar-refractivity contribution in [3.05, 3.63) is 70.1 Å². The first-order chi connectivity index (χ1) is 13.6. The zero-order chi connectivity index (χ0) is 19.5. The summed E-state index contributed by atoms with van der Waals surface area (Å²) in [4.78, 5) is 37.4. The van der Waals surface area contributed by atoms with Crippen molar-refractivity contribution < 1.29 is 19.1 Å². The van der Waals surface area contributed by atoms with Crippen molar-refractivity contribution in [2.45, 2.75) is 12.8 Å². The summed E-state index contributed by atoms with van der Waals surface area (Å²) in [7, 11) is 0. The average molecular weight is 394 g/mol. The Morgan fingerprint density at radius 2 is 1.86 bits per heavy atom. The van der Waals surface area contributed by atoms with Crippen LogP contribution in [0.3, 0.4) is 0 Å². The van der Waals surface area contributed by atoms with Crippen molar-refractivity contribution in [1.29, 1.82) is 0 Å². The predicted octanol–water partition coefficient (Wildman–Crippen LogP) is 3.44. The largest absolute Gasteiger partial charge is 0.472 e. The molecule has 7 heteroatoms. The molecule has 0 spiro atoms. The molecule has 0 aromatic heterocycles. The zero-order valence-electron chi connectivity index (χ0n) is 15.0. The molecule has 142 valence electrons. The number of carbonyl (C=O) groups is 3. The van der Waals surface area contributed by atoms with Gasteiger partial charge in [-0.3, -0.25) is 19.7 Å². The standard InChI is InChI=1S/C21H18N2O4S/c24-19-18(28-21(26)22-19)12-15-9-7-14(8-10-15)4-3-11-23-13-27-17-6-2-1-5-16(17)20(23)25/h1-2,5-10,12H,3-4,11,13H2,(H,22,24,26). The normalized spacial score (nSPS) is 17.5. The topological polar surface area (TPSA) is 75.7 Å². The van der Waals surface area contributed by atoms with Crippen LogP contribution in [0.25, 0.3) is 6.08 Å². The lowest BCUT2D eigenvalue weighted by Gasteiger charge is -2.28. The number of imide groups is 1. The van der Waals surface area contributed by atoms with Crippen LogP contribution >= 0.6 is 11.8 Å². The number of nitrogens with zero attached hydrogens (tertiary/aromatic N) is 1. The molecule has 1 N–H and O–H groups in total. The van der Waals surface area contributed by atoms with E-state index >= 15 is 0 Å². The maximum Gasteiger partial charge on any atom is 0.290 e. The summed E-state index contributed by atoms with van der Waals surface area (Å²) >= 11 is 0.910. The summed E-state index contributed by atoms with van der Waals surface area (Å²) < 4.78 is 5.64. The molecule has 2 heterocycles. The number of benzene rings is 2. The highest BCUT2D eigenvalue weighted by molar-refractivity contribution is 8.18. The summed E-state index contributed by atoms with van der Waals surface area (Å²) in [5.41, 5.74) is 2.62. The number of ether oxygens (including phenoxy) is 1. The van der Waals surface area contributed by atoms with E-state index in [1.807, 2.05) is 42.5 Å². The number of hydrogen-bond acceptors (Lipinski definition) is 5. The summed E-state index contributed by atoms with van der Waals surface area (Å²) in [5, 5.41) is 1.90. The Hall–Kier alpha value is -3.06. The van der Waals surface area contributed by atoms with E-state index in [0.29, 0.717) is 22.8 Å². The molecule has 3 amide bonds. The lowest BCUT2D eigenvalue weighted by Crippen LogP contribution is -2.39. The monoisotopic (exact) mass is 394 g/mol. The van der Waals surface area contributed by atoms with Gasteiger partial charge in [-0.25, -0.2) is 0 Å². The van der Waals surface area contributed by atoms with Gasteiger partial charge in [0, 0.05) is 6.54 Å². The fourth-order valence-electron chi connectivity index (χ4n) is 3.14. The first-order valence-electron chi connectivity index (χ1n) is 8.95. The Balaban J connectivity index is 1.31. The van der Waals surface area contributed by atoms with Crippen molar-refractivity contribution in [2.24, 2.45) is 0 Å². The van der Waals surface area contributed by atoms with Gasteiger partial charge in [-0.1, -0.05) is 36.4 Å². The second kappa shape index (κ2) is 7.90. The van der Waals surface area contributed by atoms with Crippen molar-refractivity contribution in [3.63, 3.8) is 0 Å². The number of carbonyl (C=O) groups excluding carboxylic acids is 3. The highest BCUT2D eigenvalue weighted by Gasteiger charge is 2.25. The molecule has 1 saturated heterocycles. The number of amides is 3. The van der Waals surface area contributed by atoms with Gasteiger partial charge >= 0.3 is 0 Å². The van der Waals surface area contributed by atoms with E-state index in [0.717, 1.165) is 35.7 Å². The number of nitrogens with one attached hydrogen (secondary N) is 1. The van der Waals surface area contributed by atoms with E-state index in [1.54, 1.807) is 17.0 Å². The van der Waals surface area contributed by atoms with Gasteiger partial charge in [-0.05, 0) is 53.9 Å². The van der Waals surface area contributed by atoms with Crippen LogP contribution in [0.2, 0.25) is 0 Å². The lowest BCUT2D eigenvalue weighted by atomic mass is 10.1. The fraction of sp³-hybridized carbons (Fsp3) is 0.190. The lowest BCUT2D eigenvalue weighted by molar-refractivity contribution is -0.115. The van der Waals surface area contributed by atoms with Crippen LogP contribution in [0.5, 0.6) is 5.75 Å². The van der Waals surface area contributed by atoms with Crippen LogP contribution in [0.4, 0.5) is 4.79 Å². The first-order valence-corrected chi connectivity index (χ1v) is 9.77. The summed E-state index contributed by atoms with van der Waals surface area (Å²) in [5.74, 6) is 0.295. The molecule has 2 aliphatic rings. The fourth-order valence-corrected chi connectivity index (χ4v) is 3.82. The third-order valence-corrected chi connectivity index (χ3v) is 5.40. The summed E-state index contributed by atoms with van der Waals surface area (Å²) in [6.07, 6.45) is 3.36. The van der Waals surface area contributed by atoms with E-state index in [1.165, 1.54) is 0 Å². The summed E-state index contributed by atoms with van der Waals surface area (Å²) in [6, 6.07) is 15.1. The van der Waals surface area contributed by atoms with Crippen LogP contribution in [-0.4, -0.2) is 35.2 Å². The van der Waals surface area contributed by atoms with Crippen LogP contribution in [0.15, 0.2) is 53.4 Å². The Bertz CT molecular complexity index is 969. The molecule has 0 bridgehead atoms. The van der Waals surface area contributed by atoms with Crippen molar-refractivity contribution in [3.8, 4) is 5.75 Å². The van der Waals surface area contributed by atoms with Crippen molar-refractivity contribution in [2.75, 3.05) is 13.3 Å². The molecule has 0 radical (unpaired) electrons. The molecule has 2 aliphatic heterocycles. The molecule has 0 aliphatic carbocycles. The number of aryl methyl sites for hydroxylation is 1. The average Bonchev–Trinajstić information content (AvgIpc) is 3.02. The molecule has 0 saturated carbocycles. The van der Waals surface area contributed by atoms with Gasteiger partial charge in [0.05, 0.1) is 10.5 Å². The van der Waals surface area contributed by atoms with Crippen LogP contribution in [-0.2, 0) is 11.2 Å². The van der Waals surface area contributed by atoms with Crippen LogP contribution in [0.1, 0.15) is 27.9 Å². The molecule has 2 aromatic rings. The van der Waals surface area contributed by atoms with E-state index in [4.69, 9.17) is 4.74 Å². The number of fused-ring (bicyclic) bond motifs is 1. The smallest absolute Gasteiger partial charge is 0.290 e. The second-order valence-electron chi connectivity index (χ2n) is 6.54. The van der Waals surface area contributed by atoms with Crippen LogP contribution in [0, 0.1) is 0 Å². The third kappa shape index (κ3) is 3.94. The number of hydrogen-bond donors (Lipinski definition) is 1. The van der Waals surface area contributed by atoms with E-state index in [-0.39, 0.29) is 23.8 Å². The molecule has 1 fully saturated rings. The van der Waals surface area contributed by atoms with Gasteiger partial charge in [0.25, 0.3) is 17.1 Å². The molecule has 2 aromatic carbocycles. The maximum atomic E-state index is 12.5. The number of rotatable bonds is 5. The molecular formula is C21H18N2O4S. The first kappa shape index (κ1) is 18.3. The molecule has 6 nitrogen and oxygen atoms in total. The molecular weight excluding hydrogens is 376 g/mol. The van der Waals surface area contributed by atoms with E-state index in [9.17, 15) is 14.4 Å². The predicted molar refractivity (Wildman–Crippen MR) is 107 cm³/mol. The van der Waals surface area contributed by atoms with E-state index in [2.05, 4.69) is 5.32 Å². The number of thioether (sulfide) groups is 1. The number of para-hydroxylation sites is 1. The Morgan fingerprint density at radius 3 is 2.61 bits per heavy atom. The minimum Gasteiger partial charge on any atom is -0.472 e. The van der Waals surface area contributed by atoms with Gasteiger partial charge in [0.2, 0.25) is 0 Å². The quantitative estimate of drug-likeness (QED) is 0.787. The molecule has 0 atom stereocenters. The minimum atomic E-state index is -0.353. The molecule has 28 heavy (non-hydrogen) atoms. The third-order valence-electron chi connectivity index (χ3n) is 4.59. The highest BCUT2D eigenvalue weighted by Crippen LogP contribution is 2.26. The van der Waals surface area contributed by atoms with E-state index < -0.39 is 0 Å². The summed E-state index contributed by atoms with van der Waals surface area (Å²) in [6.45, 7) is 0.901. The van der Waals surface area contributed by atoms with Crippen LogP contribution < -0.4 is 10.1 Å². The Labute approximate surface area is 166 Å². The Morgan fingerprint density at radius 1 is 1.07 bits per heavy atom. The Kier molecular flexibility index (Phi) is 5.16. The molecule has 4 rings (SSSR count). The van der Waals surface area contributed by atoms with Gasteiger partial charge in [0.15, 0.2) is 6.73 Å². The SMILES string of the molecule is O=C1NC(=O)C(=Cc2ccc(CCCN3COc4ccccc4C3=O)cc2)S1. The van der Waals surface area contributed by atoms with Gasteiger partial charge < -0.3 is 9.64 Å². The zero-order valence-corrected chi connectivity index (χ0v) is 15.8. The molecule has 0 unspecified atom stereocenters. The maximum absolute atomic E-state index is 12.5. The van der Waals surface area contributed by atoms with Crippen molar-refractivity contribution in [1.82, 2.24) is 10.2 Å².